The van der Waals surface area contributed by atoms with Gasteiger partial charge in [0.1, 0.15) is 0 Å². The summed E-state index contributed by atoms with van der Waals surface area (Å²) in [7, 11) is 0. The van der Waals surface area contributed by atoms with E-state index >= 15 is 0 Å². The minimum Gasteiger partial charge on any atom is -0.393 e. The molecule has 86 valence electrons. The van der Waals surface area contributed by atoms with Gasteiger partial charge in [0.05, 0.1) is 15.6 Å². The Kier molecular flexibility index (Phi) is 4.64. The normalized spacial score (nSPS) is 11.9. The number of nitrogens with one attached hydrogen (secondary N) is 1. The number of amides is 1. The van der Waals surface area contributed by atoms with E-state index in [1.807, 2.05) is 6.92 Å². The molecule has 1 amide bonds. The molecular weight excluding hydrogens is 246 g/mol. The molecule has 1 heterocycles. The van der Waals surface area contributed by atoms with Crippen molar-refractivity contribution in [2.45, 2.75) is 6.92 Å². The molecule has 0 bridgehead atoms. The first-order valence-corrected chi connectivity index (χ1v) is 5.48. The van der Waals surface area contributed by atoms with E-state index < -0.39 is 0 Å². The van der Waals surface area contributed by atoms with Crippen molar-refractivity contribution in [3.8, 4) is 0 Å². The second-order valence-corrected chi connectivity index (χ2v) is 4.25. The van der Waals surface area contributed by atoms with Crippen molar-refractivity contribution < 1.29 is 4.79 Å². The molecule has 1 atom stereocenters. The van der Waals surface area contributed by atoms with Gasteiger partial charge in [-0.1, -0.05) is 30.7 Å². The van der Waals surface area contributed by atoms with Crippen molar-refractivity contribution in [3.05, 3.63) is 29.0 Å². The highest BCUT2D eigenvalue weighted by Crippen LogP contribution is 2.12. The maximum atomic E-state index is 11.7. The van der Waals surface area contributed by atoms with Crippen LogP contribution in [0.2, 0.25) is 5.02 Å². The molecule has 1 unspecified atom stereocenters. The number of aromatic nitrogens is 1. The van der Waals surface area contributed by atoms with E-state index in [1.165, 1.54) is 12.4 Å². The van der Waals surface area contributed by atoms with Crippen molar-refractivity contribution in [3.63, 3.8) is 0 Å². The minimum atomic E-state index is -0.254. The number of nitrogens with zero attached hydrogens (tertiary/aromatic N) is 1. The predicted molar refractivity (Wildman–Crippen MR) is 67.5 cm³/mol. The van der Waals surface area contributed by atoms with Crippen molar-refractivity contribution in [2.75, 3.05) is 6.54 Å². The zero-order valence-corrected chi connectivity index (χ0v) is 10.3. The molecule has 16 heavy (non-hydrogen) atoms. The SMILES string of the molecule is CC(CNC(=O)c1ccncc1Cl)C(N)=S. The fourth-order valence-corrected chi connectivity index (χ4v) is 1.29. The molecule has 0 spiro atoms. The lowest BCUT2D eigenvalue weighted by Gasteiger charge is -2.11. The van der Waals surface area contributed by atoms with Gasteiger partial charge in [-0.15, -0.1) is 0 Å². The van der Waals surface area contributed by atoms with Gasteiger partial charge in [-0.05, 0) is 6.07 Å². The maximum Gasteiger partial charge on any atom is 0.252 e. The van der Waals surface area contributed by atoms with Gasteiger partial charge in [0, 0.05) is 24.9 Å². The Bertz CT molecular complexity index is 411. The van der Waals surface area contributed by atoms with Crippen LogP contribution in [0.15, 0.2) is 18.5 Å². The number of rotatable bonds is 4. The third kappa shape index (κ3) is 3.43. The summed E-state index contributed by atoms with van der Waals surface area (Å²) >= 11 is 10.6. The predicted octanol–water partition coefficient (Wildman–Crippen LogP) is 1.39. The van der Waals surface area contributed by atoms with Gasteiger partial charge < -0.3 is 11.1 Å². The summed E-state index contributed by atoms with van der Waals surface area (Å²) in [6, 6.07) is 1.56. The average molecular weight is 258 g/mol. The number of hydrogen-bond donors (Lipinski definition) is 2. The van der Waals surface area contributed by atoms with Crippen LogP contribution >= 0.6 is 23.8 Å². The molecule has 0 aliphatic carbocycles. The Labute approximate surface area is 104 Å². The Hall–Kier alpha value is -1.20. The van der Waals surface area contributed by atoms with Gasteiger partial charge in [0.2, 0.25) is 0 Å². The van der Waals surface area contributed by atoms with Crippen LogP contribution in [0.1, 0.15) is 17.3 Å². The van der Waals surface area contributed by atoms with Crippen LogP contribution in [0.25, 0.3) is 0 Å². The second kappa shape index (κ2) is 5.77. The van der Waals surface area contributed by atoms with E-state index in [9.17, 15) is 4.79 Å². The number of carbonyl (C=O) groups is 1. The first-order chi connectivity index (χ1) is 7.52. The molecule has 0 aliphatic rings. The summed E-state index contributed by atoms with van der Waals surface area (Å²) in [5, 5.41) is 3.02. The van der Waals surface area contributed by atoms with Crippen LogP contribution in [0.4, 0.5) is 0 Å². The first kappa shape index (κ1) is 12.9. The summed E-state index contributed by atoms with van der Waals surface area (Å²) in [5.74, 6) is -0.296. The molecule has 1 aromatic rings. The van der Waals surface area contributed by atoms with Crippen LogP contribution in [-0.2, 0) is 0 Å². The number of hydrogen-bond acceptors (Lipinski definition) is 3. The molecule has 1 aromatic heterocycles. The van der Waals surface area contributed by atoms with E-state index in [2.05, 4.69) is 10.3 Å². The third-order valence-corrected chi connectivity index (χ3v) is 2.78. The zero-order valence-electron chi connectivity index (χ0n) is 8.74. The lowest BCUT2D eigenvalue weighted by molar-refractivity contribution is 0.0951. The summed E-state index contributed by atoms with van der Waals surface area (Å²) < 4.78 is 0. The molecule has 0 aliphatic heterocycles. The monoisotopic (exact) mass is 257 g/mol. The Balaban J connectivity index is 2.60. The molecule has 0 saturated carbocycles. The molecule has 0 fully saturated rings. The molecule has 0 radical (unpaired) electrons. The van der Waals surface area contributed by atoms with Gasteiger partial charge >= 0.3 is 0 Å². The van der Waals surface area contributed by atoms with Gasteiger partial charge in [0.25, 0.3) is 5.91 Å². The van der Waals surface area contributed by atoms with E-state index in [-0.39, 0.29) is 11.8 Å². The van der Waals surface area contributed by atoms with Crippen molar-refractivity contribution in [1.29, 1.82) is 0 Å². The number of pyridine rings is 1. The number of nitrogens with two attached hydrogens (primary N) is 1. The largest absolute Gasteiger partial charge is 0.393 e. The van der Waals surface area contributed by atoms with Crippen LogP contribution in [0, 0.1) is 5.92 Å². The standard InChI is InChI=1S/C10H12ClN3OS/c1-6(9(12)16)4-14-10(15)7-2-3-13-5-8(7)11/h2-3,5-6H,4H2,1H3,(H2,12,16)(H,14,15). The molecular formula is C10H12ClN3OS. The van der Waals surface area contributed by atoms with Gasteiger partial charge in [-0.25, -0.2) is 0 Å². The summed E-state index contributed by atoms with van der Waals surface area (Å²) in [6.45, 7) is 2.24. The summed E-state index contributed by atoms with van der Waals surface area (Å²) in [6.07, 6.45) is 2.94. The van der Waals surface area contributed by atoms with Crippen molar-refractivity contribution >= 4 is 34.7 Å². The number of halogens is 1. The number of carbonyl (C=O) groups excluding carboxylic acids is 1. The molecule has 3 N–H and O–H groups in total. The Morgan fingerprint density at radius 2 is 2.44 bits per heavy atom. The van der Waals surface area contributed by atoms with Gasteiger partial charge in [0.15, 0.2) is 0 Å². The van der Waals surface area contributed by atoms with E-state index in [4.69, 9.17) is 29.6 Å². The fourth-order valence-electron chi connectivity index (χ4n) is 1.00. The van der Waals surface area contributed by atoms with Crippen LogP contribution in [-0.4, -0.2) is 22.4 Å². The lowest BCUT2D eigenvalue weighted by Crippen LogP contribution is -2.33. The van der Waals surface area contributed by atoms with Crippen LogP contribution in [0.3, 0.4) is 0 Å². The highest BCUT2D eigenvalue weighted by molar-refractivity contribution is 7.80. The Morgan fingerprint density at radius 1 is 1.75 bits per heavy atom. The maximum absolute atomic E-state index is 11.7. The molecule has 1 rings (SSSR count). The molecule has 0 saturated heterocycles. The van der Waals surface area contributed by atoms with Gasteiger partial charge in [-0.3, -0.25) is 9.78 Å². The topological polar surface area (TPSA) is 68.0 Å². The fraction of sp³-hybridized carbons (Fsp3) is 0.300. The summed E-state index contributed by atoms with van der Waals surface area (Å²) in [4.78, 5) is 15.9. The van der Waals surface area contributed by atoms with E-state index in [0.717, 1.165) is 0 Å². The highest BCUT2D eigenvalue weighted by Gasteiger charge is 2.11. The smallest absolute Gasteiger partial charge is 0.252 e. The summed E-state index contributed by atoms with van der Waals surface area (Å²) in [5.41, 5.74) is 5.83. The second-order valence-electron chi connectivity index (χ2n) is 3.37. The zero-order chi connectivity index (χ0) is 12.1. The van der Waals surface area contributed by atoms with Crippen molar-refractivity contribution in [2.24, 2.45) is 11.7 Å². The lowest BCUT2D eigenvalue weighted by atomic mass is 10.1. The third-order valence-electron chi connectivity index (χ3n) is 2.07. The first-order valence-electron chi connectivity index (χ1n) is 4.69. The average Bonchev–Trinajstić information content (AvgIpc) is 2.25. The van der Waals surface area contributed by atoms with E-state index in [0.29, 0.717) is 22.1 Å². The Morgan fingerprint density at radius 3 is 3.00 bits per heavy atom. The van der Waals surface area contributed by atoms with Crippen molar-refractivity contribution in [1.82, 2.24) is 10.3 Å². The molecule has 4 nitrogen and oxygen atoms in total. The van der Waals surface area contributed by atoms with Gasteiger partial charge in [-0.2, -0.15) is 0 Å². The van der Waals surface area contributed by atoms with E-state index in [1.54, 1.807) is 6.07 Å². The van der Waals surface area contributed by atoms with Crippen LogP contribution in [0.5, 0.6) is 0 Å². The quantitative estimate of drug-likeness (QED) is 0.800. The number of thiocarbonyl (C=S) groups is 1. The minimum absolute atomic E-state index is 0.0421. The molecule has 6 heteroatoms. The molecule has 0 aromatic carbocycles. The highest BCUT2D eigenvalue weighted by atomic mass is 35.5. The van der Waals surface area contributed by atoms with Crippen LogP contribution < -0.4 is 11.1 Å².